The number of hydrogen-bond acceptors (Lipinski definition) is 3. The molecule has 18 heavy (non-hydrogen) atoms. The maximum absolute atomic E-state index is 11.9. The zero-order valence-electron chi connectivity index (χ0n) is 10.5. The number of rotatable bonds is 1. The lowest BCUT2D eigenvalue weighted by atomic mass is 10.1. The van der Waals surface area contributed by atoms with Crippen LogP contribution in [0.2, 0.25) is 0 Å². The predicted molar refractivity (Wildman–Crippen MR) is 70.1 cm³/mol. The molecule has 1 aromatic rings. The average Bonchev–Trinajstić information content (AvgIpc) is 2.66. The van der Waals surface area contributed by atoms with Gasteiger partial charge in [0.25, 0.3) is 5.91 Å². The third kappa shape index (κ3) is 1.70. The van der Waals surface area contributed by atoms with E-state index in [0.717, 1.165) is 17.1 Å². The van der Waals surface area contributed by atoms with Gasteiger partial charge in [-0.3, -0.25) is 14.7 Å². The van der Waals surface area contributed by atoms with E-state index in [4.69, 9.17) is 0 Å². The van der Waals surface area contributed by atoms with Crippen molar-refractivity contribution >= 4 is 11.6 Å². The second kappa shape index (κ2) is 3.98. The molecule has 1 unspecified atom stereocenters. The molecule has 3 rings (SSSR count). The summed E-state index contributed by atoms with van der Waals surface area (Å²) in [6.45, 7) is 4.47. The van der Waals surface area contributed by atoms with Crippen LogP contribution in [0.1, 0.15) is 18.1 Å². The third-order valence-corrected chi connectivity index (χ3v) is 3.33. The van der Waals surface area contributed by atoms with Crippen LogP contribution in [0.5, 0.6) is 0 Å². The number of carbonyl (C=O) groups excluding carboxylic acids is 1. The Morgan fingerprint density at radius 1 is 1.33 bits per heavy atom. The Hall–Kier alpha value is -2.10. The smallest absolute Gasteiger partial charge is 0.250 e. The highest BCUT2D eigenvalue weighted by Crippen LogP contribution is 2.19. The molecular formula is C14H15N3O. The summed E-state index contributed by atoms with van der Waals surface area (Å²) in [6, 6.07) is 8.06. The number of nitrogens with one attached hydrogen (secondary N) is 1. The Balaban J connectivity index is 1.90. The van der Waals surface area contributed by atoms with Crippen molar-refractivity contribution in [1.29, 1.82) is 0 Å². The Morgan fingerprint density at radius 2 is 2.06 bits per heavy atom. The standard InChI is InChI=1S/C14H15N3O/c1-9-3-5-11(6-4-9)12-8-17-13(7-15-12)16-10(2)14(17)18/h3-7,10,16H,8H2,1-2H3. The number of carbonyl (C=O) groups is 1. The van der Waals surface area contributed by atoms with E-state index in [1.165, 1.54) is 5.56 Å². The summed E-state index contributed by atoms with van der Waals surface area (Å²) in [5, 5.41) is 3.12. The molecule has 1 amide bonds. The number of aliphatic imine (C=N–C) groups is 1. The van der Waals surface area contributed by atoms with Crippen LogP contribution in [0.15, 0.2) is 41.3 Å². The molecule has 92 valence electrons. The van der Waals surface area contributed by atoms with Crippen molar-refractivity contribution in [1.82, 2.24) is 10.2 Å². The van der Waals surface area contributed by atoms with Crippen molar-refractivity contribution in [2.24, 2.45) is 4.99 Å². The minimum atomic E-state index is -0.149. The number of hydrogen-bond donors (Lipinski definition) is 1. The normalized spacial score (nSPS) is 22.2. The molecule has 2 aliphatic heterocycles. The van der Waals surface area contributed by atoms with Crippen LogP contribution in [-0.4, -0.2) is 29.1 Å². The van der Waals surface area contributed by atoms with E-state index in [1.54, 1.807) is 11.1 Å². The highest BCUT2D eigenvalue weighted by Gasteiger charge is 2.34. The predicted octanol–water partition coefficient (Wildman–Crippen LogP) is 1.42. The van der Waals surface area contributed by atoms with Gasteiger partial charge in [0.1, 0.15) is 11.9 Å². The molecule has 1 saturated heterocycles. The van der Waals surface area contributed by atoms with Crippen molar-refractivity contribution in [3.63, 3.8) is 0 Å². The molecule has 0 bridgehead atoms. The molecule has 0 aromatic heterocycles. The lowest BCUT2D eigenvalue weighted by Gasteiger charge is -2.21. The molecule has 0 aliphatic carbocycles. The molecule has 4 nitrogen and oxygen atoms in total. The van der Waals surface area contributed by atoms with Crippen LogP contribution in [0.4, 0.5) is 0 Å². The molecule has 2 heterocycles. The van der Waals surface area contributed by atoms with Crippen molar-refractivity contribution in [3.05, 3.63) is 47.4 Å². The number of fused-ring (bicyclic) bond motifs is 1. The fourth-order valence-electron chi connectivity index (χ4n) is 2.23. The molecule has 1 fully saturated rings. The maximum Gasteiger partial charge on any atom is 0.250 e. The van der Waals surface area contributed by atoms with Crippen LogP contribution in [0.25, 0.3) is 0 Å². The summed E-state index contributed by atoms with van der Waals surface area (Å²) >= 11 is 0. The molecule has 0 radical (unpaired) electrons. The average molecular weight is 241 g/mol. The Morgan fingerprint density at radius 3 is 2.78 bits per heavy atom. The van der Waals surface area contributed by atoms with E-state index < -0.39 is 0 Å². The van der Waals surface area contributed by atoms with Gasteiger partial charge in [-0.05, 0) is 19.4 Å². The third-order valence-electron chi connectivity index (χ3n) is 3.33. The first-order valence-electron chi connectivity index (χ1n) is 6.07. The highest BCUT2D eigenvalue weighted by molar-refractivity contribution is 6.05. The van der Waals surface area contributed by atoms with Gasteiger partial charge in [-0.1, -0.05) is 29.8 Å². The second-order valence-electron chi connectivity index (χ2n) is 4.75. The molecule has 1 atom stereocenters. The summed E-state index contributed by atoms with van der Waals surface area (Å²) in [5.74, 6) is 0.920. The van der Waals surface area contributed by atoms with E-state index in [2.05, 4.69) is 29.4 Å². The van der Waals surface area contributed by atoms with E-state index in [-0.39, 0.29) is 11.9 Å². The zero-order valence-corrected chi connectivity index (χ0v) is 10.5. The summed E-state index contributed by atoms with van der Waals surface area (Å²) in [4.78, 5) is 18.1. The lowest BCUT2D eigenvalue weighted by molar-refractivity contribution is -0.127. The quantitative estimate of drug-likeness (QED) is 0.808. The fourth-order valence-corrected chi connectivity index (χ4v) is 2.23. The summed E-state index contributed by atoms with van der Waals surface area (Å²) in [6.07, 6.45) is 1.74. The monoisotopic (exact) mass is 241 g/mol. The fraction of sp³-hybridized carbons (Fsp3) is 0.286. The molecule has 4 heteroatoms. The van der Waals surface area contributed by atoms with E-state index in [0.29, 0.717) is 6.54 Å². The number of nitrogens with zero attached hydrogens (tertiary/aromatic N) is 2. The molecule has 0 spiro atoms. The minimum absolute atomic E-state index is 0.112. The number of amides is 1. The van der Waals surface area contributed by atoms with Gasteiger partial charge in [0.15, 0.2) is 0 Å². The van der Waals surface area contributed by atoms with Gasteiger partial charge in [-0.15, -0.1) is 0 Å². The van der Waals surface area contributed by atoms with Gasteiger partial charge >= 0.3 is 0 Å². The van der Waals surface area contributed by atoms with Crippen molar-refractivity contribution < 1.29 is 4.79 Å². The summed E-state index contributed by atoms with van der Waals surface area (Å²) in [7, 11) is 0. The van der Waals surface area contributed by atoms with E-state index in [9.17, 15) is 4.79 Å². The zero-order chi connectivity index (χ0) is 12.7. The van der Waals surface area contributed by atoms with E-state index in [1.807, 2.05) is 19.1 Å². The van der Waals surface area contributed by atoms with Crippen LogP contribution in [0.3, 0.4) is 0 Å². The highest BCUT2D eigenvalue weighted by atomic mass is 16.2. The first-order chi connectivity index (χ1) is 8.65. The molecular weight excluding hydrogens is 226 g/mol. The molecule has 1 N–H and O–H groups in total. The van der Waals surface area contributed by atoms with Crippen molar-refractivity contribution in [2.45, 2.75) is 19.9 Å². The first-order valence-corrected chi connectivity index (χ1v) is 6.07. The maximum atomic E-state index is 11.9. The molecule has 0 saturated carbocycles. The van der Waals surface area contributed by atoms with E-state index >= 15 is 0 Å². The molecule has 1 aromatic carbocycles. The van der Waals surface area contributed by atoms with Crippen LogP contribution < -0.4 is 5.32 Å². The SMILES string of the molecule is Cc1ccc(C2=NC=C3NC(C)C(=O)N3C2)cc1. The van der Waals surface area contributed by atoms with Crippen LogP contribution >= 0.6 is 0 Å². The Kier molecular flexibility index (Phi) is 2.44. The van der Waals surface area contributed by atoms with Gasteiger partial charge in [0.05, 0.1) is 18.5 Å². The minimum Gasteiger partial charge on any atom is -0.359 e. The number of benzene rings is 1. The molecule has 2 aliphatic rings. The van der Waals surface area contributed by atoms with Gasteiger partial charge in [-0.2, -0.15) is 0 Å². The number of aryl methyl sites for hydroxylation is 1. The topological polar surface area (TPSA) is 44.7 Å². The summed E-state index contributed by atoms with van der Waals surface area (Å²) in [5.41, 5.74) is 3.23. The van der Waals surface area contributed by atoms with Crippen molar-refractivity contribution in [3.8, 4) is 0 Å². The second-order valence-corrected chi connectivity index (χ2v) is 4.75. The summed E-state index contributed by atoms with van der Waals surface area (Å²) < 4.78 is 0. The first kappa shape index (κ1) is 11.0. The Labute approximate surface area is 106 Å². The van der Waals surface area contributed by atoms with Crippen LogP contribution in [-0.2, 0) is 4.79 Å². The lowest BCUT2D eigenvalue weighted by Crippen LogP contribution is -2.34. The largest absolute Gasteiger partial charge is 0.359 e. The van der Waals surface area contributed by atoms with Crippen LogP contribution in [0, 0.1) is 6.92 Å². The van der Waals surface area contributed by atoms with Gasteiger partial charge in [0.2, 0.25) is 0 Å². The Bertz CT molecular complexity index is 557. The van der Waals surface area contributed by atoms with Gasteiger partial charge in [0, 0.05) is 0 Å². The van der Waals surface area contributed by atoms with Crippen molar-refractivity contribution in [2.75, 3.05) is 6.54 Å². The van der Waals surface area contributed by atoms with Gasteiger partial charge in [-0.25, -0.2) is 0 Å². The van der Waals surface area contributed by atoms with Gasteiger partial charge < -0.3 is 5.32 Å².